The first-order valence-electron chi connectivity index (χ1n) is 11.9. The first kappa shape index (κ1) is 24.9. The number of pyridine rings is 2. The number of halogens is 3. The Morgan fingerprint density at radius 3 is 2.14 bits per heavy atom. The molecule has 1 atom stereocenters. The maximum Gasteiger partial charge on any atom is 0.271 e. The van der Waals surface area contributed by atoms with Crippen molar-refractivity contribution in [3.63, 3.8) is 0 Å². The molecule has 1 saturated heterocycles. The second-order valence-electron chi connectivity index (χ2n) is 9.24. The number of nitrogens with zero attached hydrogens (tertiary/aromatic N) is 5. The Hall–Kier alpha value is -3.80. The van der Waals surface area contributed by atoms with Crippen LogP contribution in [0, 0.1) is 23.0 Å². The van der Waals surface area contributed by atoms with E-state index in [9.17, 15) is 18.8 Å². The number of anilines is 1. The third kappa shape index (κ3) is 4.57. The fraction of sp³-hybridized carbons (Fsp3) is 0.250. The largest absolute Gasteiger partial charge is 0.366 e. The maximum absolute atomic E-state index is 13.7. The highest BCUT2D eigenvalue weighted by Gasteiger charge is 2.33. The molecule has 37 heavy (non-hydrogen) atoms. The highest BCUT2D eigenvalue weighted by molar-refractivity contribution is 6.34. The molecule has 3 heterocycles. The highest BCUT2D eigenvalue weighted by atomic mass is 35.5. The summed E-state index contributed by atoms with van der Waals surface area (Å²) in [5.41, 5.74) is 3.30. The van der Waals surface area contributed by atoms with Crippen LogP contribution in [0.2, 0.25) is 5.02 Å². The average Bonchev–Trinajstić information content (AvgIpc) is 2.90. The van der Waals surface area contributed by atoms with Gasteiger partial charge in [-0.1, -0.05) is 35.9 Å². The van der Waals surface area contributed by atoms with Gasteiger partial charge in [0.1, 0.15) is 33.9 Å². The molecular weight excluding hydrogens is 496 g/mol. The van der Waals surface area contributed by atoms with Gasteiger partial charge in [-0.05, 0) is 54.4 Å². The Morgan fingerprint density at radius 1 is 1.00 bits per heavy atom. The van der Waals surface area contributed by atoms with Crippen LogP contribution in [0.5, 0.6) is 0 Å². The van der Waals surface area contributed by atoms with Crippen LogP contribution in [-0.4, -0.2) is 40.1 Å². The quantitative estimate of drug-likeness (QED) is 0.378. The van der Waals surface area contributed by atoms with Crippen LogP contribution in [0.1, 0.15) is 29.8 Å². The van der Waals surface area contributed by atoms with E-state index in [1.54, 1.807) is 43.4 Å². The Kier molecular flexibility index (Phi) is 6.67. The lowest BCUT2D eigenvalue weighted by Gasteiger charge is -2.45. The normalized spacial score (nSPS) is 16.4. The van der Waals surface area contributed by atoms with Crippen molar-refractivity contribution < 1.29 is 8.78 Å². The molecule has 9 heteroatoms. The average molecular weight is 520 g/mol. The van der Waals surface area contributed by atoms with Gasteiger partial charge in [0.15, 0.2) is 0 Å². The molecule has 0 spiro atoms. The molecule has 1 aliphatic heterocycles. The first-order valence-corrected chi connectivity index (χ1v) is 12.3. The zero-order chi connectivity index (χ0) is 26.3. The number of rotatable bonds is 4. The number of nitriles is 1. The summed E-state index contributed by atoms with van der Waals surface area (Å²) in [6.45, 7) is 3.71. The van der Waals surface area contributed by atoms with E-state index in [1.165, 1.54) is 28.8 Å². The van der Waals surface area contributed by atoms with Crippen LogP contribution in [0.25, 0.3) is 11.0 Å². The van der Waals surface area contributed by atoms with Crippen molar-refractivity contribution in [3.05, 3.63) is 104 Å². The van der Waals surface area contributed by atoms with Crippen molar-refractivity contribution >= 4 is 28.3 Å². The molecule has 0 bridgehead atoms. The zero-order valence-electron chi connectivity index (χ0n) is 20.3. The van der Waals surface area contributed by atoms with Crippen LogP contribution >= 0.6 is 11.6 Å². The molecule has 5 rings (SSSR count). The van der Waals surface area contributed by atoms with E-state index in [0.717, 1.165) is 11.1 Å². The second kappa shape index (κ2) is 9.92. The smallest absolute Gasteiger partial charge is 0.271 e. The Bertz CT molecular complexity index is 1520. The lowest BCUT2D eigenvalue weighted by molar-refractivity contribution is 0.150. The van der Waals surface area contributed by atoms with Crippen molar-refractivity contribution in [2.24, 2.45) is 7.05 Å². The fourth-order valence-corrected chi connectivity index (χ4v) is 5.47. The van der Waals surface area contributed by atoms with Gasteiger partial charge in [0.25, 0.3) is 5.56 Å². The number of benzene rings is 2. The molecule has 6 nitrogen and oxygen atoms in total. The molecule has 0 radical (unpaired) electrons. The Balaban J connectivity index is 1.54. The molecule has 0 N–H and O–H groups in total. The van der Waals surface area contributed by atoms with Crippen LogP contribution in [0.4, 0.5) is 14.5 Å². The lowest BCUT2D eigenvalue weighted by atomic mass is 9.94. The summed E-state index contributed by atoms with van der Waals surface area (Å²) < 4.78 is 28.9. The predicted molar refractivity (Wildman–Crippen MR) is 140 cm³/mol. The van der Waals surface area contributed by atoms with E-state index in [4.69, 9.17) is 11.6 Å². The number of aromatic nitrogens is 2. The predicted octanol–water partition coefficient (Wildman–Crippen LogP) is 5.04. The summed E-state index contributed by atoms with van der Waals surface area (Å²) >= 11 is 6.59. The number of fused-ring (bicyclic) bond motifs is 1. The van der Waals surface area contributed by atoms with Crippen LogP contribution in [0.15, 0.2) is 65.5 Å². The van der Waals surface area contributed by atoms with Gasteiger partial charge >= 0.3 is 0 Å². The second-order valence-corrected chi connectivity index (χ2v) is 9.62. The molecule has 4 aromatic rings. The van der Waals surface area contributed by atoms with Crippen molar-refractivity contribution in [2.45, 2.75) is 19.0 Å². The standard InChI is InChI=1S/C28H24ClF2N5O/c1-17-16-35(27-24(29)28(37)34(2)23-12-11-22(15-32)33-25(23)27)13-14-36(17)26(18-3-7-20(30)8-4-18)19-5-9-21(31)10-6-19/h3-12,17,26H,13-14,16H2,1-2H3. The van der Waals surface area contributed by atoms with E-state index in [-0.39, 0.29) is 40.0 Å². The zero-order valence-corrected chi connectivity index (χ0v) is 21.1. The topological polar surface area (TPSA) is 65.2 Å². The van der Waals surface area contributed by atoms with Gasteiger partial charge in [-0.2, -0.15) is 5.26 Å². The van der Waals surface area contributed by atoms with Gasteiger partial charge in [0.2, 0.25) is 0 Å². The van der Waals surface area contributed by atoms with Crippen molar-refractivity contribution in [3.8, 4) is 6.07 Å². The number of aryl methyl sites for hydroxylation is 1. The summed E-state index contributed by atoms with van der Waals surface area (Å²) in [7, 11) is 1.63. The van der Waals surface area contributed by atoms with Gasteiger partial charge in [0.05, 0.1) is 17.2 Å². The minimum Gasteiger partial charge on any atom is -0.366 e. The van der Waals surface area contributed by atoms with Crippen LogP contribution < -0.4 is 10.5 Å². The molecule has 2 aromatic heterocycles. The molecule has 1 unspecified atom stereocenters. The SMILES string of the molecule is CC1CN(c2c(Cl)c(=O)n(C)c3ccc(C#N)nc23)CCN1C(c1ccc(F)cc1)c1ccc(F)cc1. The molecular formula is C28H24ClF2N5O. The monoisotopic (exact) mass is 519 g/mol. The van der Waals surface area contributed by atoms with Crippen molar-refractivity contribution in [2.75, 3.05) is 24.5 Å². The van der Waals surface area contributed by atoms with Crippen LogP contribution in [-0.2, 0) is 7.05 Å². The maximum atomic E-state index is 13.7. The molecule has 0 aliphatic carbocycles. The van der Waals surface area contributed by atoms with Crippen LogP contribution in [0.3, 0.4) is 0 Å². The van der Waals surface area contributed by atoms with E-state index in [0.29, 0.717) is 36.4 Å². The van der Waals surface area contributed by atoms with Gasteiger partial charge < -0.3 is 9.47 Å². The molecule has 1 fully saturated rings. The minimum atomic E-state index is -0.332. The summed E-state index contributed by atoms with van der Waals surface area (Å²) in [6.07, 6.45) is 0. The third-order valence-corrected chi connectivity index (χ3v) is 7.31. The van der Waals surface area contributed by atoms with Gasteiger partial charge in [-0.15, -0.1) is 0 Å². The number of hydrogen-bond acceptors (Lipinski definition) is 5. The Labute approximate surface area is 217 Å². The van der Waals surface area contributed by atoms with Crippen molar-refractivity contribution in [1.82, 2.24) is 14.5 Å². The summed E-state index contributed by atoms with van der Waals surface area (Å²) in [6, 6.07) is 17.8. The highest BCUT2D eigenvalue weighted by Crippen LogP contribution is 2.36. The molecule has 1 aliphatic rings. The number of piperazine rings is 1. The van der Waals surface area contributed by atoms with E-state index in [1.807, 2.05) is 4.90 Å². The summed E-state index contributed by atoms with van der Waals surface area (Å²) in [4.78, 5) is 21.7. The third-order valence-electron chi connectivity index (χ3n) is 6.97. The molecule has 188 valence electrons. The van der Waals surface area contributed by atoms with E-state index < -0.39 is 0 Å². The fourth-order valence-electron chi connectivity index (χ4n) is 5.13. The molecule has 0 amide bonds. The first-order chi connectivity index (χ1) is 17.8. The van der Waals surface area contributed by atoms with Gasteiger partial charge in [0, 0.05) is 32.7 Å². The lowest BCUT2D eigenvalue weighted by Crippen LogP contribution is -2.53. The number of hydrogen-bond donors (Lipinski definition) is 0. The Morgan fingerprint density at radius 2 is 1.59 bits per heavy atom. The molecule has 2 aromatic carbocycles. The van der Waals surface area contributed by atoms with E-state index in [2.05, 4.69) is 22.9 Å². The summed E-state index contributed by atoms with van der Waals surface area (Å²) in [5.74, 6) is -0.646. The van der Waals surface area contributed by atoms with Gasteiger partial charge in [-0.25, -0.2) is 13.8 Å². The van der Waals surface area contributed by atoms with E-state index >= 15 is 0 Å². The summed E-state index contributed by atoms with van der Waals surface area (Å²) in [5, 5.41) is 9.46. The molecule has 0 saturated carbocycles. The van der Waals surface area contributed by atoms with Gasteiger partial charge in [-0.3, -0.25) is 9.69 Å². The van der Waals surface area contributed by atoms with Crippen molar-refractivity contribution in [1.29, 1.82) is 5.26 Å². The minimum absolute atomic E-state index is 0.0248.